The lowest BCUT2D eigenvalue weighted by atomic mass is 10.1. The molecule has 0 amide bonds. The molecule has 3 aromatic rings. The second-order valence-corrected chi connectivity index (χ2v) is 9.25. The number of phenols is 2. The molecule has 0 radical (unpaired) electrons. The molecule has 0 aliphatic carbocycles. The van der Waals surface area contributed by atoms with Crippen LogP contribution in [-0.2, 0) is 25.0 Å². The highest BCUT2D eigenvalue weighted by Gasteiger charge is 2.25. The lowest BCUT2D eigenvalue weighted by Crippen LogP contribution is -2.09. The van der Waals surface area contributed by atoms with Gasteiger partial charge in [-0.3, -0.25) is 9.11 Å². The van der Waals surface area contributed by atoms with Crippen LogP contribution in [0.15, 0.2) is 62.5 Å². The van der Waals surface area contributed by atoms with Gasteiger partial charge < -0.3 is 20.1 Å². The van der Waals surface area contributed by atoms with Gasteiger partial charge in [0.15, 0.2) is 12.4 Å². The lowest BCUT2D eigenvalue weighted by molar-refractivity contribution is -0.139. The van der Waals surface area contributed by atoms with Crippen LogP contribution in [0.2, 0.25) is 0 Å². The first kappa shape index (κ1) is 23.9. The Kier molecular flexibility index (Phi) is 6.24. The van der Waals surface area contributed by atoms with Crippen molar-refractivity contribution in [2.75, 3.05) is 6.61 Å². The SMILES string of the molecule is O=C(O)COc1cccc(N=Nc2c(S(=O)(=O)O)cc3cc(S(=O)(=O)O)cc(O)c3c2O)c1. The van der Waals surface area contributed by atoms with E-state index < -0.39 is 65.2 Å². The molecule has 0 saturated carbocycles. The molecule has 3 aromatic carbocycles. The summed E-state index contributed by atoms with van der Waals surface area (Å²) in [5.74, 6) is -2.92. The smallest absolute Gasteiger partial charge is 0.341 e. The fraction of sp³-hybridized carbons (Fsp3) is 0.0556. The summed E-state index contributed by atoms with van der Waals surface area (Å²) in [6.07, 6.45) is 0. The van der Waals surface area contributed by atoms with Gasteiger partial charge in [-0.15, -0.1) is 5.11 Å². The summed E-state index contributed by atoms with van der Waals surface area (Å²) in [7, 11) is -9.83. The Balaban J connectivity index is 2.18. The number of azo groups is 1. The molecule has 13 nitrogen and oxygen atoms in total. The van der Waals surface area contributed by atoms with Crippen LogP contribution in [0.4, 0.5) is 11.4 Å². The number of aromatic hydroxyl groups is 2. The van der Waals surface area contributed by atoms with Crippen LogP contribution in [0.1, 0.15) is 0 Å². The average Bonchev–Trinajstić information content (AvgIpc) is 2.70. The van der Waals surface area contributed by atoms with Crippen molar-refractivity contribution in [1.82, 2.24) is 0 Å². The third-order valence-electron chi connectivity index (χ3n) is 4.12. The zero-order chi connectivity index (χ0) is 24.6. The van der Waals surface area contributed by atoms with Crippen LogP contribution in [0.3, 0.4) is 0 Å². The van der Waals surface area contributed by atoms with Crippen molar-refractivity contribution in [3.63, 3.8) is 0 Å². The summed E-state index contributed by atoms with van der Waals surface area (Å²) in [6, 6.07) is 7.60. The van der Waals surface area contributed by atoms with Crippen LogP contribution in [-0.4, -0.2) is 53.8 Å². The number of rotatable bonds is 7. The quantitative estimate of drug-likeness (QED) is 0.235. The number of benzene rings is 3. The van der Waals surface area contributed by atoms with E-state index in [-0.39, 0.29) is 16.8 Å². The number of nitrogens with zero attached hydrogens (tertiary/aromatic N) is 2. The number of hydrogen-bond acceptors (Lipinski definition) is 10. The Hall–Kier alpha value is -3.79. The highest BCUT2D eigenvalue weighted by atomic mass is 32.2. The predicted molar refractivity (Wildman–Crippen MR) is 111 cm³/mol. The Bertz CT molecular complexity index is 1510. The van der Waals surface area contributed by atoms with Gasteiger partial charge in [-0.1, -0.05) is 6.07 Å². The minimum Gasteiger partial charge on any atom is -0.507 e. The molecule has 0 aliphatic heterocycles. The molecule has 174 valence electrons. The molecule has 3 rings (SSSR count). The number of hydrogen-bond donors (Lipinski definition) is 5. The van der Waals surface area contributed by atoms with E-state index in [2.05, 4.69) is 10.2 Å². The molecular formula is C18H14N2O11S2. The fourth-order valence-electron chi connectivity index (χ4n) is 2.77. The second-order valence-electron chi connectivity index (χ2n) is 6.44. The van der Waals surface area contributed by atoms with Crippen LogP contribution < -0.4 is 4.74 Å². The van der Waals surface area contributed by atoms with E-state index in [1.54, 1.807) is 0 Å². The van der Waals surface area contributed by atoms with E-state index in [1.807, 2.05) is 0 Å². The topological polar surface area (TPSA) is 220 Å². The third-order valence-corrected chi connectivity index (χ3v) is 5.82. The Morgan fingerprint density at radius 3 is 2.24 bits per heavy atom. The molecule has 0 spiro atoms. The van der Waals surface area contributed by atoms with Gasteiger partial charge in [-0.25, -0.2) is 4.79 Å². The van der Waals surface area contributed by atoms with Crippen molar-refractivity contribution in [2.24, 2.45) is 10.2 Å². The number of carboxylic acid groups (broad SMARTS) is 1. The molecule has 5 N–H and O–H groups in total. The van der Waals surface area contributed by atoms with E-state index in [0.717, 1.165) is 12.1 Å². The van der Waals surface area contributed by atoms with E-state index in [0.29, 0.717) is 6.07 Å². The summed E-state index contributed by atoms with van der Waals surface area (Å²) in [5, 5.41) is 36.0. The van der Waals surface area contributed by atoms with Crippen molar-refractivity contribution in [1.29, 1.82) is 0 Å². The molecule has 15 heteroatoms. The van der Waals surface area contributed by atoms with Gasteiger partial charge in [-0.05, 0) is 29.7 Å². The monoisotopic (exact) mass is 498 g/mol. The van der Waals surface area contributed by atoms with Crippen LogP contribution in [0.5, 0.6) is 17.2 Å². The Labute approximate surface area is 185 Å². The van der Waals surface area contributed by atoms with Crippen LogP contribution in [0, 0.1) is 0 Å². The van der Waals surface area contributed by atoms with Gasteiger partial charge in [0.25, 0.3) is 20.2 Å². The molecule has 0 aliphatic rings. The maximum absolute atomic E-state index is 11.9. The molecule has 0 saturated heterocycles. The zero-order valence-electron chi connectivity index (χ0n) is 16.1. The molecule has 0 heterocycles. The molecule has 0 fully saturated rings. The summed E-state index contributed by atoms with van der Waals surface area (Å²) in [6.45, 7) is -0.635. The van der Waals surface area contributed by atoms with Crippen molar-refractivity contribution < 1.29 is 50.8 Å². The molecule has 0 aromatic heterocycles. The summed E-state index contributed by atoms with van der Waals surface area (Å²) < 4.78 is 70.2. The average molecular weight is 498 g/mol. The van der Waals surface area contributed by atoms with Crippen molar-refractivity contribution in [2.45, 2.75) is 9.79 Å². The van der Waals surface area contributed by atoms with Crippen LogP contribution >= 0.6 is 0 Å². The van der Waals surface area contributed by atoms with Gasteiger partial charge in [0.1, 0.15) is 22.1 Å². The Morgan fingerprint density at radius 1 is 0.939 bits per heavy atom. The maximum atomic E-state index is 11.9. The van der Waals surface area contributed by atoms with E-state index in [9.17, 15) is 40.9 Å². The molecule has 0 bridgehead atoms. The second kappa shape index (κ2) is 8.62. The molecule has 33 heavy (non-hydrogen) atoms. The van der Waals surface area contributed by atoms with Gasteiger partial charge in [0, 0.05) is 12.1 Å². The fourth-order valence-corrected chi connectivity index (χ4v) is 3.96. The highest BCUT2D eigenvalue weighted by molar-refractivity contribution is 7.86. The highest BCUT2D eigenvalue weighted by Crippen LogP contribution is 2.45. The summed E-state index contributed by atoms with van der Waals surface area (Å²) in [5.41, 5.74) is -0.735. The van der Waals surface area contributed by atoms with E-state index >= 15 is 0 Å². The van der Waals surface area contributed by atoms with Gasteiger partial charge in [0.2, 0.25) is 0 Å². The van der Waals surface area contributed by atoms with Crippen molar-refractivity contribution in [3.05, 3.63) is 42.5 Å². The summed E-state index contributed by atoms with van der Waals surface area (Å²) in [4.78, 5) is 8.84. The van der Waals surface area contributed by atoms with E-state index in [4.69, 9.17) is 9.84 Å². The number of aliphatic carboxylic acids is 1. The van der Waals surface area contributed by atoms with E-state index in [1.165, 1.54) is 24.3 Å². The summed E-state index contributed by atoms with van der Waals surface area (Å²) >= 11 is 0. The third kappa shape index (κ3) is 5.35. The molecule has 0 unspecified atom stereocenters. The molecular weight excluding hydrogens is 484 g/mol. The van der Waals surface area contributed by atoms with Gasteiger partial charge in [0.05, 0.1) is 16.0 Å². The van der Waals surface area contributed by atoms with Crippen molar-refractivity contribution in [3.8, 4) is 17.2 Å². The Morgan fingerprint density at radius 2 is 1.64 bits per heavy atom. The first-order chi connectivity index (χ1) is 15.3. The minimum absolute atomic E-state index is 0.0459. The van der Waals surface area contributed by atoms with Crippen molar-refractivity contribution >= 4 is 48.4 Å². The standard InChI is InChI=1S/C18H14N2O11S2/c21-13-7-12(32(25,26)27)4-9-5-14(33(28,29)30)17(18(24)16(9)13)20-19-10-2-1-3-11(6-10)31-8-15(22)23/h1-7,21,24H,8H2,(H,22,23)(H,25,26,27)(H,28,29,30). The maximum Gasteiger partial charge on any atom is 0.341 e. The zero-order valence-corrected chi connectivity index (χ0v) is 17.8. The number of carbonyl (C=O) groups is 1. The van der Waals surface area contributed by atoms with Gasteiger partial charge in [-0.2, -0.15) is 21.9 Å². The lowest BCUT2D eigenvalue weighted by Gasteiger charge is -2.11. The first-order valence-corrected chi connectivity index (χ1v) is 11.5. The number of fused-ring (bicyclic) bond motifs is 1. The normalized spacial score (nSPS) is 12.3. The van der Waals surface area contributed by atoms with Gasteiger partial charge >= 0.3 is 5.97 Å². The minimum atomic E-state index is -5.04. The number of ether oxygens (including phenoxy) is 1. The number of carboxylic acids is 1. The van der Waals surface area contributed by atoms with Crippen LogP contribution in [0.25, 0.3) is 10.8 Å². The largest absolute Gasteiger partial charge is 0.507 e. The number of phenolic OH excluding ortho intramolecular Hbond substituents is 2. The molecule has 0 atom stereocenters. The predicted octanol–water partition coefficient (Wildman–Crippen LogP) is 2.62. The first-order valence-electron chi connectivity index (χ1n) is 8.61.